The summed E-state index contributed by atoms with van der Waals surface area (Å²) in [6.45, 7) is 1.67. The van der Waals surface area contributed by atoms with Crippen molar-refractivity contribution in [2.24, 2.45) is 5.73 Å². The van der Waals surface area contributed by atoms with Gasteiger partial charge in [-0.15, -0.1) is 0 Å². The first kappa shape index (κ1) is 18.3. The molecule has 3 aromatic carbocycles. The maximum Gasteiger partial charge on any atom is 0.250 e. The normalized spacial score (nSPS) is 12.6. The highest BCUT2D eigenvalue weighted by Crippen LogP contribution is 2.41. The van der Waals surface area contributed by atoms with E-state index >= 15 is 0 Å². The molecule has 2 N–H and O–H groups in total. The lowest BCUT2D eigenvalue weighted by atomic mass is 9.90. The average Bonchev–Trinajstić information content (AvgIpc) is 2.70. The number of amides is 1. The van der Waals surface area contributed by atoms with Gasteiger partial charge in [0.1, 0.15) is 0 Å². The standard InChI is InChI=1S/C24H25N3O/c1-26(2)13-14-27-22-12-11-18(17-7-4-3-5-8-17)15-20(22)16-19-9-6-10-21(23(19)27)24(25)28/h3-12,15H,13-14,16H2,1-2H3,(H2,25,28). The van der Waals surface area contributed by atoms with Gasteiger partial charge in [0.05, 0.1) is 11.3 Å². The fraction of sp³-hybridized carbons (Fsp3) is 0.208. The number of hydrogen-bond acceptors (Lipinski definition) is 3. The monoisotopic (exact) mass is 371 g/mol. The third kappa shape index (κ3) is 3.39. The van der Waals surface area contributed by atoms with E-state index in [0.29, 0.717) is 5.56 Å². The van der Waals surface area contributed by atoms with Crippen LogP contribution in [0.4, 0.5) is 11.4 Å². The van der Waals surface area contributed by atoms with Crippen molar-refractivity contribution in [3.05, 3.63) is 83.4 Å². The second-order valence-electron chi connectivity index (χ2n) is 7.52. The highest BCUT2D eigenvalue weighted by molar-refractivity contribution is 6.01. The highest BCUT2D eigenvalue weighted by Gasteiger charge is 2.27. The predicted molar refractivity (Wildman–Crippen MR) is 115 cm³/mol. The smallest absolute Gasteiger partial charge is 0.250 e. The van der Waals surface area contributed by atoms with E-state index in [2.05, 4.69) is 72.4 Å². The van der Waals surface area contributed by atoms with Crippen LogP contribution in [0.1, 0.15) is 21.5 Å². The molecule has 4 rings (SSSR count). The van der Waals surface area contributed by atoms with Gasteiger partial charge in [0.2, 0.25) is 0 Å². The number of hydrogen-bond donors (Lipinski definition) is 1. The van der Waals surface area contributed by atoms with E-state index in [4.69, 9.17) is 5.73 Å². The van der Waals surface area contributed by atoms with Gasteiger partial charge in [0.15, 0.2) is 0 Å². The van der Waals surface area contributed by atoms with Crippen LogP contribution < -0.4 is 10.6 Å². The van der Waals surface area contributed by atoms with Gasteiger partial charge >= 0.3 is 0 Å². The van der Waals surface area contributed by atoms with Crippen LogP contribution >= 0.6 is 0 Å². The zero-order chi connectivity index (χ0) is 19.7. The molecule has 0 saturated carbocycles. The van der Waals surface area contributed by atoms with Crippen molar-refractivity contribution < 1.29 is 4.79 Å². The van der Waals surface area contributed by atoms with Gasteiger partial charge in [-0.05, 0) is 54.5 Å². The number of benzene rings is 3. The summed E-state index contributed by atoms with van der Waals surface area (Å²) in [5.74, 6) is -0.379. The first-order chi connectivity index (χ1) is 13.5. The Balaban J connectivity index is 1.82. The average molecular weight is 371 g/mol. The van der Waals surface area contributed by atoms with E-state index in [-0.39, 0.29) is 5.91 Å². The number of anilines is 2. The molecule has 1 heterocycles. The molecule has 0 unspecified atom stereocenters. The van der Waals surface area contributed by atoms with Crippen molar-refractivity contribution in [3.63, 3.8) is 0 Å². The lowest BCUT2D eigenvalue weighted by Crippen LogP contribution is -2.33. The van der Waals surface area contributed by atoms with Gasteiger partial charge in [-0.2, -0.15) is 0 Å². The molecule has 0 saturated heterocycles. The molecule has 0 fully saturated rings. The Kier molecular flexibility index (Phi) is 4.88. The number of primary amides is 1. The molecule has 4 heteroatoms. The quantitative estimate of drug-likeness (QED) is 0.736. The number of rotatable bonds is 5. The Bertz CT molecular complexity index is 1010. The predicted octanol–water partition coefficient (Wildman–Crippen LogP) is 4.06. The van der Waals surface area contributed by atoms with Crippen LogP contribution in [0.5, 0.6) is 0 Å². The summed E-state index contributed by atoms with van der Waals surface area (Å²) < 4.78 is 0. The Labute approximate surface area is 166 Å². The number of nitrogens with two attached hydrogens (primary N) is 1. The lowest BCUT2D eigenvalue weighted by molar-refractivity contribution is 0.100. The van der Waals surface area contributed by atoms with E-state index in [9.17, 15) is 4.79 Å². The van der Waals surface area contributed by atoms with Crippen molar-refractivity contribution in [2.75, 3.05) is 32.1 Å². The van der Waals surface area contributed by atoms with Crippen LogP contribution in [0.15, 0.2) is 66.7 Å². The minimum Gasteiger partial charge on any atom is -0.366 e. The van der Waals surface area contributed by atoms with Crippen LogP contribution in [-0.2, 0) is 6.42 Å². The van der Waals surface area contributed by atoms with Gasteiger partial charge < -0.3 is 15.5 Å². The fourth-order valence-electron chi connectivity index (χ4n) is 3.91. The number of carbonyl (C=O) groups is 1. The first-order valence-electron chi connectivity index (χ1n) is 9.57. The molecule has 28 heavy (non-hydrogen) atoms. The summed E-state index contributed by atoms with van der Waals surface area (Å²) in [5.41, 5.74) is 13.2. The molecule has 0 bridgehead atoms. The molecule has 0 spiro atoms. The second kappa shape index (κ2) is 7.49. The Morgan fingerprint density at radius 1 is 0.964 bits per heavy atom. The van der Waals surface area contributed by atoms with Gasteiger partial charge in [-0.25, -0.2) is 0 Å². The van der Waals surface area contributed by atoms with Crippen LogP contribution in [0.3, 0.4) is 0 Å². The summed E-state index contributed by atoms with van der Waals surface area (Å²) in [5, 5.41) is 0. The van der Waals surface area contributed by atoms with E-state index in [0.717, 1.165) is 36.4 Å². The fourth-order valence-corrected chi connectivity index (χ4v) is 3.91. The van der Waals surface area contributed by atoms with E-state index in [1.807, 2.05) is 18.2 Å². The lowest BCUT2D eigenvalue weighted by Gasteiger charge is -2.35. The van der Waals surface area contributed by atoms with Crippen molar-refractivity contribution >= 4 is 17.3 Å². The summed E-state index contributed by atoms with van der Waals surface area (Å²) in [4.78, 5) is 16.5. The largest absolute Gasteiger partial charge is 0.366 e. The summed E-state index contributed by atoms with van der Waals surface area (Å²) >= 11 is 0. The molecule has 3 aromatic rings. The number of carbonyl (C=O) groups excluding carboxylic acids is 1. The molecule has 1 aliphatic rings. The number of likely N-dealkylation sites (N-methyl/N-ethyl adjacent to an activating group) is 1. The van der Waals surface area contributed by atoms with E-state index in [1.165, 1.54) is 16.7 Å². The Morgan fingerprint density at radius 3 is 2.46 bits per heavy atom. The van der Waals surface area contributed by atoms with Gasteiger partial charge in [0.25, 0.3) is 5.91 Å². The second-order valence-corrected chi connectivity index (χ2v) is 7.52. The molecular formula is C24H25N3O. The van der Waals surface area contributed by atoms with Crippen LogP contribution in [0, 0.1) is 0 Å². The summed E-state index contributed by atoms with van der Waals surface area (Å²) in [7, 11) is 4.12. The van der Waals surface area contributed by atoms with Crippen LogP contribution in [-0.4, -0.2) is 38.0 Å². The molecule has 0 aromatic heterocycles. The molecular weight excluding hydrogens is 346 g/mol. The Hall–Kier alpha value is -3.11. The van der Waals surface area contributed by atoms with Crippen molar-refractivity contribution in [3.8, 4) is 11.1 Å². The topological polar surface area (TPSA) is 49.6 Å². The van der Waals surface area contributed by atoms with Crippen molar-refractivity contribution in [1.82, 2.24) is 4.90 Å². The maximum absolute atomic E-state index is 12.1. The SMILES string of the molecule is CN(C)CCN1c2ccc(-c3ccccc3)cc2Cc2cccc(C(N)=O)c21. The minimum atomic E-state index is -0.379. The first-order valence-corrected chi connectivity index (χ1v) is 9.57. The number of fused-ring (bicyclic) bond motifs is 2. The molecule has 0 aliphatic carbocycles. The van der Waals surface area contributed by atoms with Gasteiger partial charge in [-0.1, -0.05) is 48.5 Å². The maximum atomic E-state index is 12.1. The van der Waals surface area contributed by atoms with Crippen LogP contribution in [0.2, 0.25) is 0 Å². The zero-order valence-electron chi connectivity index (χ0n) is 16.4. The summed E-state index contributed by atoms with van der Waals surface area (Å²) in [6, 6.07) is 22.9. The van der Waals surface area contributed by atoms with Gasteiger partial charge in [-0.3, -0.25) is 4.79 Å². The Morgan fingerprint density at radius 2 is 1.75 bits per heavy atom. The highest BCUT2D eigenvalue weighted by atomic mass is 16.1. The number of para-hydroxylation sites is 1. The zero-order valence-corrected chi connectivity index (χ0v) is 16.4. The molecule has 1 aliphatic heterocycles. The molecule has 0 atom stereocenters. The molecule has 4 nitrogen and oxygen atoms in total. The van der Waals surface area contributed by atoms with Crippen molar-refractivity contribution in [2.45, 2.75) is 6.42 Å². The molecule has 0 radical (unpaired) electrons. The minimum absolute atomic E-state index is 0.379. The van der Waals surface area contributed by atoms with Gasteiger partial charge in [0, 0.05) is 25.2 Å². The third-order valence-electron chi connectivity index (χ3n) is 5.28. The van der Waals surface area contributed by atoms with E-state index < -0.39 is 0 Å². The third-order valence-corrected chi connectivity index (χ3v) is 5.28. The molecule has 142 valence electrons. The van der Waals surface area contributed by atoms with Crippen LogP contribution in [0.25, 0.3) is 11.1 Å². The summed E-state index contributed by atoms with van der Waals surface area (Å²) in [6.07, 6.45) is 0.797. The van der Waals surface area contributed by atoms with Crippen molar-refractivity contribution in [1.29, 1.82) is 0 Å². The van der Waals surface area contributed by atoms with E-state index in [1.54, 1.807) is 0 Å². The molecule has 1 amide bonds. The number of nitrogens with zero attached hydrogens (tertiary/aromatic N) is 2.